The number of nitrogens with zero attached hydrogens (tertiary/aromatic N) is 5. The zero-order chi connectivity index (χ0) is 22.2. The van der Waals surface area contributed by atoms with Gasteiger partial charge in [-0.15, -0.1) is 0 Å². The van der Waals surface area contributed by atoms with Crippen molar-refractivity contribution < 1.29 is 0 Å². The van der Waals surface area contributed by atoms with Gasteiger partial charge in [-0.25, -0.2) is 9.78 Å². The minimum absolute atomic E-state index is 0.343. The van der Waals surface area contributed by atoms with Crippen LogP contribution in [0.25, 0.3) is 21.9 Å². The van der Waals surface area contributed by atoms with Crippen molar-refractivity contribution in [2.45, 2.75) is 17.5 Å². The lowest BCUT2D eigenvalue weighted by atomic mass is 10.0. The maximum absolute atomic E-state index is 13.1. The van der Waals surface area contributed by atoms with Gasteiger partial charge in [0.15, 0.2) is 16.3 Å². The van der Waals surface area contributed by atoms with Gasteiger partial charge in [-0.05, 0) is 28.0 Å². The number of pyridine rings is 1. The fraction of sp³-hybridized carbons (Fsp3) is 0.167. The van der Waals surface area contributed by atoms with E-state index in [1.807, 2.05) is 41.1 Å². The van der Waals surface area contributed by atoms with Crippen LogP contribution < -0.4 is 11.2 Å². The maximum Gasteiger partial charge on any atom is 0.332 e. The summed E-state index contributed by atoms with van der Waals surface area (Å²) in [5.41, 5.74) is 2.23. The van der Waals surface area contributed by atoms with Crippen LogP contribution in [-0.4, -0.2) is 23.7 Å². The van der Waals surface area contributed by atoms with E-state index in [1.54, 1.807) is 13.2 Å². The first-order valence-corrected chi connectivity index (χ1v) is 11.2. The van der Waals surface area contributed by atoms with Crippen LogP contribution in [0.2, 0.25) is 0 Å². The Balaban J connectivity index is 1.69. The molecule has 0 aliphatic rings. The zero-order valence-corrected chi connectivity index (χ0v) is 18.5. The van der Waals surface area contributed by atoms with E-state index in [0.29, 0.717) is 28.6 Å². The highest BCUT2D eigenvalue weighted by atomic mass is 32.2. The second-order valence-electron chi connectivity index (χ2n) is 7.65. The number of benzene rings is 2. The lowest BCUT2D eigenvalue weighted by Crippen LogP contribution is -2.37. The first kappa shape index (κ1) is 20.3. The van der Waals surface area contributed by atoms with Crippen LogP contribution in [0.5, 0.6) is 0 Å². The molecule has 7 nitrogen and oxygen atoms in total. The van der Waals surface area contributed by atoms with E-state index in [2.05, 4.69) is 29.2 Å². The molecule has 0 spiro atoms. The molecule has 0 radical (unpaired) electrons. The van der Waals surface area contributed by atoms with Gasteiger partial charge in [0.2, 0.25) is 0 Å². The number of imidazole rings is 1. The predicted molar refractivity (Wildman–Crippen MR) is 127 cm³/mol. The van der Waals surface area contributed by atoms with Crippen LogP contribution in [0.3, 0.4) is 0 Å². The molecule has 0 atom stereocenters. The quantitative estimate of drug-likeness (QED) is 0.390. The summed E-state index contributed by atoms with van der Waals surface area (Å²) in [6.45, 7) is 0.473. The molecule has 0 saturated heterocycles. The average Bonchev–Trinajstić information content (AvgIpc) is 3.19. The third-order valence-corrected chi connectivity index (χ3v) is 6.66. The summed E-state index contributed by atoms with van der Waals surface area (Å²) in [4.78, 5) is 34.5. The van der Waals surface area contributed by atoms with Crippen molar-refractivity contribution in [3.05, 3.63) is 99.0 Å². The number of aromatic nitrogens is 5. The number of aryl methyl sites for hydroxylation is 1. The van der Waals surface area contributed by atoms with Crippen molar-refractivity contribution in [3.63, 3.8) is 0 Å². The number of fused-ring (bicyclic) bond motifs is 2. The Morgan fingerprint density at radius 1 is 0.938 bits per heavy atom. The molecular weight excluding hydrogens is 422 g/mol. The van der Waals surface area contributed by atoms with Gasteiger partial charge in [-0.3, -0.25) is 18.9 Å². The fourth-order valence-electron chi connectivity index (χ4n) is 3.92. The second kappa shape index (κ2) is 8.12. The van der Waals surface area contributed by atoms with Crippen LogP contribution in [0, 0.1) is 0 Å². The van der Waals surface area contributed by atoms with Gasteiger partial charge in [0.05, 0.1) is 6.54 Å². The number of thioether (sulfide) groups is 1. The monoisotopic (exact) mass is 443 g/mol. The minimum atomic E-state index is -0.388. The van der Waals surface area contributed by atoms with Gasteiger partial charge in [-0.2, -0.15) is 0 Å². The van der Waals surface area contributed by atoms with Gasteiger partial charge < -0.3 is 4.57 Å². The Morgan fingerprint density at radius 3 is 2.56 bits per heavy atom. The molecule has 0 amide bonds. The normalized spacial score (nSPS) is 11.4. The standard InChI is InChI=1S/C24H21N5O2S/c1-27-21-20(22(30)28(2)24(27)31)29(23(26-21)32-15-16-7-6-12-25-13-16)14-18-10-5-9-17-8-3-4-11-19(17)18/h3-13H,14-15H2,1-2H3. The fourth-order valence-corrected chi connectivity index (χ4v) is 4.84. The summed E-state index contributed by atoms with van der Waals surface area (Å²) in [6, 6.07) is 18.2. The molecule has 2 aromatic carbocycles. The summed E-state index contributed by atoms with van der Waals surface area (Å²) in [6.07, 6.45) is 3.56. The molecule has 0 N–H and O–H groups in total. The van der Waals surface area contributed by atoms with Gasteiger partial charge in [0, 0.05) is 32.2 Å². The maximum atomic E-state index is 13.1. The van der Waals surface area contributed by atoms with Crippen LogP contribution in [0.1, 0.15) is 11.1 Å². The van der Waals surface area contributed by atoms with Gasteiger partial charge >= 0.3 is 5.69 Å². The van der Waals surface area contributed by atoms with E-state index in [4.69, 9.17) is 4.98 Å². The van der Waals surface area contributed by atoms with Crippen molar-refractivity contribution in [1.29, 1.82) is 0 Å². The summed E-state index contributed by atoms with van der Waals surface area (Å²) < 4.78 is 4.50. The summed E-state index contributed by atoms with van der Waals surface area (Å²) in [5, 5.41) is 2.95. The Morgan fingerprint density at radius 2 is 1.75 bits per heavy atom. The lowest BCUT2D eigenvalue weighted by Gasteiger charge is -2.12. The Labute approximate surface area is 188 Å². The van der Waals surface area contributed by atoms with E-state index in [1.165, 1.54) is 23.4 Å². The molecule has 0 aliphatic carbocycles. The topological polar surface area (TPSA) is 74.7 Å². The van der Waals surface area contributed by atoms with Crippen LogP contribution in [0.4, 0.5) is 0 Å². The second-order valence-corrected chi connectivity index (χ2v) is 8.59. The summed E-state index contributed by atoms with van der Waals surface area (Å²) in [7, 11) is 3.15. The van der Waals surface area contributed by atoms with E-state index in [0.717, 1.165) is 26.5 Å². The van der Waals surface area contributed by atoms with E-state index in [-0.39, 0.29) is 11.2 Å². The molecule has 0 fully saturated rings. The largest absolute Gasteiger partial charge is 0.332 e. The van der Waals surface area contributed by atoms with Crippen molar-refractivity contribution >= 4 is 33.7 Å². The molecular formula is C24H21N5O2S. The molecule has 5 rings (SSSR count). The van der Waals surface area contributed by atoms with Gasteiger partial charge in [0.1, 0.15) is 0 Å². The average molecular weight is 444 g/mol. The lowest BCUT2D eigenvalue weighted by molar-refractivity contribution is 0.697. The van der Waals surface area contributed by atoms with Crippen molar-refractivity contribution in [2.75, 3.05) is 0 Å². The SMILES string of the molecule is Cn1c(=O)c2c(nc(SCc3cccnc3)n2Cc2cccc3ccccc23)n(C)c1=O. The molecule has 3 heterocycles. The highest BCUT2D eigenvalue weighted by Gasteiger charge is 2.20. The third-order valence-electron chi connectivity index (χ3n) is 5.61. The molecule has 8 heteroatoms. The minimum Gasteiger partial charge on any atom is -0.309 e. The summed E-state index contributed by atoms with van der Waals surface area (Å²) >= 11 is 1.53. The molecule has 3 aromatic heterocycles. The van der Waals surface area contributed by atoms with Crippen LogP contribution >= 0.6 is 11.8 Å². The molecule has 0 saturated carbocycles. The number of hydrogen-bond acceptors (Lipinski definition) is 5. The summed E-state index contributed by atoms with van der Waals surface area (Å²) in [5.74, 6) is 0.654. The van der Waals surface area contributed by atoms with E-state index < -0.39 is 0 Å². The Kier molecular flexibility index (Phi) is 5.14. The van der Waals surface area contributed by atoms with Gasteiger partial charge in [-0.1, -0.05) is 60.3 Å². The van der Waals surface area contributed by atoms with E-state index in [9.17, 15) is 9.59 Å². The Bertz CT molecular complexity index is 1560. The van der Waals surface area contributed by atoms with Crippen molar-refractivity contribution in [2.24, 2.45) is 14.1 Å². The van der Waals surface area contributed by atoms with Crippen LogP contribution in [-0.2, 0) is 26.4 Å². The number of hydrogen-bond donors (Lipinski definition) is 0. The van der Waals surface area contributed by atoms with Crippen LogP contribution in [0.15, 0.2) is 81.7 Å². The zero-order valence-electron chi connectivity index (χ0n) is 17.7. The highest BCUT2D eigenvalue weighted by Crippen LogP contribution is 2.27. The van der Waals surface area contributed by atoms with Gasteiger partial charge in [0.25, 0.3) is 5.56 Å². The highest BCUT2D eigenvalue weighted by molar-refractivity contribution is 7.98. The molecule has 160 valence electrons. The first-order valence-electron chi connectivity index (χ1n) is 10.2. The van der Waals surface area contributed by atoms with Crippen molar-refractivity contribution in [1.82, 2.24) is 23.7 Å². The third kappa shape index (κ3) is 3.42. The molecule has 5 aromatic rings. The van der Waals surface area contributed by atoms with E-state index >= 15 is 0 Å². The predicted octanol–water partition coefficient (Wildman–Crippen LogP) is 3.32. The first-order chi connectivity index (χ1) is 15.5. The molecule has 32 heavy (non-hydrogen) atoms. The van der Waals surface area contributed by atoms with Crippen molar-refractivity contribution in [3.8, 4) is 0 Å². The smallest absolute Gasteiger partial charge is 0.309 e. The Hall–Kier alpha value is -3.65. The molecule has 0 bridgehead atoms. The molecule has 0 aliphatic heterocycles. The molecule has 0 unspecified atom stereocenters. The number of rotatable bonds is 5.